The fraction of sp³-hybridized carbons (Fsp3) is 0.375. The zero-order valence-electron chi connectivity index (χ0n) is 13.4. The highest BCUT2D eigenvalue weighted by atomic mass is 79.9. The average Bonchev–Trinajstić information content (AvgIpc) is 2.59. The molecule has 3 heterocycles. The van der Waals surface area contributed by atoms with Gasteiger partial charge >= 0.3 is 0 Å². The number of benzene rings is 1. The SMILES string of the molecule is O=S1(=O)NC2CCC(CC2)Nc2nc(ncc2Br)Nc2cccc1c2. The molecule has 1 aliphatic carbocycles. The van der Waals surface area contributed by atoms with Gasteiger partial charge in [0, 0.05) is 24.0 Å². The number of anilines is 3. The van der Waals surface area contributed by atoms with Crippen LogP contribution in [-0.2, 0) is 10.0 Å². The largest absolute Gasteiger partial charge is 0.366 e. The summed E-state index contributed by atoms with van der Waals surface area (Å²) in [5, 5.41) is 6.51. The zero-order chi connectivity index (χ0) is 17.4. The number of fused-ring (bicyclic) bond motifs is 3. The molecule has 0 atom stereocenters. The van der Waals surface area contributed by atoms with Crippen molar-refractivity contribution in [2.24, 2.45) is 0 Å². The van der Waals surface area contributed by atoms with Gasteiger partial charge in [-0.2, -0.15) is 4.98 Å². The van der Waals surface area contributed by atoms with E-state index in [1.165, 1.54) is 0 Å². The van der Waals surface area contributed by atoms with Crippen LogP contribution in [0.3, 0.4) is 0 Å². The highest BCUT2D eigenvalue weighted by molar-refractivity contribution is 9.10. The lowest BCUT2D eigenvalue weighted by molar-refractivity contribution is 0.387. The number of sulfonamides is 1. The van der Waals surface area contributed by atoms with E-state index in [1.807, 2.05) is 0 Å². The molecule has 0 saturated heterocycles. The first kappa shape index (κ1) is 16.7. The van der Waals surface area contributed by atoms with E-state index in [0.29, 0.717) is 11.6 Å². The minimum atomic E-state index is -3.54. The Kier molecular flexibility index (Phi) is 4.38. The lowest BCUT2D eigenvalue weighted by Gasteiger charge is -2.30. The van der Waals surface area contributed by atoms with Crippen molar-refractivity contribution in [3.63, 3.8) is 0 Å². The molecule has 3 N–H and O–H groups in total. The van der Waals surface area contributed by atoms with Gasteiger partial charge in [0.25, 0.3) is 0 Å². The molecule has 6 bridgehead atoms. The summed E-state index contributed by atoms with van der Waals surface area (Å²) in [6.45, 7) is 0. The Hall–Kier alpha value is -1.71. The first-order valence-electron chi connectivity index (χ1n) is 8.18. The summed E-state index contributed by atoms with van der Waals surface area (Å²) in [7, 11) is -3.54. The molecule has 1 fully saturated rings. The smallest absolute Gasteiger partial charge is 0.240 e. The molecule has 1 aromatic carbocycles. The van der Waals surface area contributed by atoms with Crippen LogP contribution < -0.4 is 15.4 Å². The summed E-state index contributed by atoms with van der Waals surface area (Å²) in [6, 6.07) is 6.92. The Bertz CT molecular complexity index is 897. The highest BCUT2D eigenvalue weighted by Gasteiger charge is 2.27. The molecule has 2 aliphatic heterocycles. The maximum atomic E-state index is 12.7. The standard InChI is InChI=1S/C16H18BrN5O2S/c17-14-9-18-16-20-12-2-1-3-13(8-12)25(23,24)22-11-6-4-10(5-7-11)19-15(14)21-16/h1-3,8-11,22H,4-7H2,(H2,18,19,20,21). The highest BCUT2D eigenvalue weighted by Crippen LogP contribution is 2.28. The molecular formula is C16H18BrN5O2S. The normalized spacial score (nSPS) is 24.7. The quantitative estimate of drug-likeness (QED) is 0.602. The second kappa shape index (κ2) is 6.54. The predicted octanol–water partition coefficient (Wildman–Crippen LogP) is 3.00. The van der Waals surface area contributed by atoms with Gasteiger partial charge < -0.3 is 10.6 Å². The Morgan fingerprint density at radius 1 is 1.12 bits per heavy atom. The third-order valence-corrected chi connectivity index (χ3v) is 6.63. The van der Waals surface area contributed by atoms with Gasteiger partial charge in [-0.05, 0) is 59.8 Å². The van der Waals surface area contributed by atoms with Crippen molar-refractivity contribution < 1.29 is 8.42 Å². The summed E-state index contributed by atoms with van der Waals surface area (Å²) in [5.41, 5.74) is 0.623. The van der Waals surface area contributed by atoms with Gasteiger partial charge in [-0.15, -0.1) is 0 Å². The molecule has 25 heavy (non-hydrogen) atoms. The van der Waals surface area contributed by atoms with Crippen molar-refractivity contribution in [3.05, 3.63) is 34.9 Å². The number of halogens is 1. The maximum absolute atomic E-state index is 12.7. The number of aromatic nitrogens is 2. The Labute approximate surface area is 154 Å². The molecule has 7 nitrogen and oxygen atoms in total. The molecule has 2 aromatic rings. The summed E-state index contributed by atoms with van der Waals surface area (Å²) in [4.78, 5) is 9.02. The molecule has 132 valence electrons. The number of nitrogens with zero attached hydrogens (tertiary/aromatic N) is 2. The maximum Gasteiger partial charge on any atom is 0.240 e. The third-order valence-electron chi connectivity index (χ3n) is 4.53. The lowest BCUT2D eigenvalue weighted by Crippen LogP contribution is -2.40. The number of rotatable bonds is 0. The van der Waals surface area contributed by atoms with Crippen molar-refractivity contribution in [1.82, 2.24) is 14.7 Å². The summed E-state index contributed by atoms with van der Waals surface area (Å²) in [5.74, 6) is 1.16. The molecule has 0 unspecified atom stereocenters. The van der Waals surface area contributed by atoms with E-state index in [0.717, 1.165) is 36.0 Å². The molecular weight excluding hydrogens is 406 g/mol. The minimum Gasteiger partial charge on any atom is -0.366 e. The van der Waals surface area contributed by atoms with E-state index in [1.54, 1.807) is 30.5 Å². The topological polar surface area (TPSA) is 96.0 Å². The summed E-state index contributed by atoms with van der Waals surface area (Å²) in [6.07, 6.45) is 5.05. The summed E-state index contributed by atoms with van der Waals surface area (Å²) < 4.78 is 28.9. The van der Waals surface area contributed by atoms with Gasteiger partial charge in [0.15, 0.2) is 0 Å². The van der Waals surface area contributed by atoms with E-state index in [9.17, 15) is 8.42 Å². The van der Waals surface area contributed by atoms with Crippen LogP contribution in [0.25, 0.3) is 0 Å². The number of hydrogen-bond donors (Lipinski definition) is 3. The van der Waals surface area contributed by atoms with E-state index in [2.05, 4.69) is 41.3 Å². The van der Waals surface area contributed by atoms with Gasteiger partial charge in [-0.1, -0.05) is 6.07 Å². The molecule has 1 saturated carbocycles. The van der Waals surface area contributed by atoms with Crippen molar-refractivity contribution >= 4 is 43.4 Å². The summed E-state index contributed by atoms with van der Waals surface area (Å²) >= 11 is 3.49. The third kappa shape index (κ3) is 3.63. The monoisotopic (exact) mass is 423 g/mol. The molecule has 3 aliphatic rings. The Morgan fingerprint density at radius 2 is 1.88 bits per heavy atom. The van der Waals surface area contributed by atoms with Crippen LogP contribution in [-0.4, -0.2) is 30.5 Å². The number of hydrogen-bond acceptors (Lipinski definition) is 6. The predicted molar refractivity (Wildman–Crippen MR) is 99.4 cm³/mol. The molecule has 1 aromatic heterocycles. The van der Waals surface area contributed by atoms with Crippen molar-refractivity contribution in [2.45, 2.75) is 42.7 Å². The molecule has 9 heteroatoms. The molecule has 0 radical (unpaired) electrons. The zero-order valence-corrected chi connectivity index (χ0v) is 15.8. The van der Waals surface area contributed by atoms with Crippen LogP contribution >= 0.6 is 15.9 Å². The van der Waals surface area contributed by atoms with E-state index < -0.39 is 10.0 Å². The van der Waals surface area contributed by atoms with E-state index in [4.69, 9.17) is 0 Å². The van der Waals surface area contributed by atoms with E-state index >= 15 is 0 Å². The van der Waals surface area contributed by atoms with Gasteiger partial charge in [-0.25, -0.2) is 18.1 Å². The second-order valence-electron chi connectivity index (χ2n) is 6.36. The van der Waals surface area contributed by atoms with Crippen LogP contribution in [0.15, 0.2) is 39.8 Å². The average molecular weight is 424 g/mol. The van der Waals surface area contributed by atoms with Crippen LogP contribution in [0.2, 0.25) is 0 Å². The molecule has 0 amide bonds. The molecule has 5 rings (SSSR count). The fourth-order valence-electron chi connectivity index (χ4n) is 3.24. The van der Waals surface area contributed by atoms with Crippen molar-refractivity contribution in [1.29, 1.82) is 0 Å². The first-order valence-corrected chi connectivity index (χ1v) is 10.5. The van der Waals surface area contributed by atoms with Crippen LogP contribution in [0, 0.1) is 0 Å². The van der Waals surface area contributed by atoms with Gasteiger partial charge in [0.2, 0.25) is 16.0 Å². The Balaban J connectivity index is 1.78. The van der Waals surface area contributed by atoms with Crippen LogP contribution in [0.4, 0.5) is 17.5 Å². The van der Waals surface area contributed by atoms with E-state index in [-0.39, 0.29) is 17.0 Å². The fourth-order valence-corrected chi connectivity index (χ4v) is 4.89. The van der Waals surface area contributed by atoms with Gasteiger partial charge in [-0.3, -0.25) is 0 Å². The van der Waals surface area contributed by atoms with Crippen molar-refractivity contribution in [3.8, 4) is 0 Å². The van der Waals surface area contributed by atoms with Crippen LogP contribution in [0.1, 0.15) is 25.7 Å². The van der Waals surface area contributed by atoms with Gasteiger partial charge in [0.05, 0.1) is 9.37 Å². The molecule has 0 spiro atoms. The Morgan fingerprint density at radius 3 is 2.68 bits per heavy atom. The van der Waals surface area contributed by atoms with Gasteiger partial charge in [0.1, 0.15) is 5.82 Å². The lowest BCUT2D eigenvalue weighted by atomic mass is 9.92. The van der Waals surface area contributed by atoms with Crippen LogP contribution in [0.5, 0.6) is 0 Å². The van der Waals surface area contributed by atoms with Crippen molar-refractivity contribution in [2.75, 3.05) is 10.6 Å². The first-order chi connectivity index (χ1) is 12.0. The second-order valence-corrected chi connectivity index (χ2v) is 8.93. The minimum absolute atomic E-state index is 0.0352. The number of nitrogens with one attached hydrogen (secondary N) is 3.